The fraction of sp³-hybridized carbons (Fsp3) is 0.182. The van der Waals surface area contributed by atoms with Crippen molar-refractivity contribution in [2.75, 3.05) is 7.11 Å². The Labute approximate surface area is 86.1 Å². The molecule has 0 unspecified atom stereocenters. The van der Waals surface area contributed by atoms with Crippen molar-refractivity contribution in [1.82, 2.24) is 4.57 Å². The monoisotopic (exact) mass is 207 g/mol. The molecule has 0 saturated carbocycles. The van der Waals surface area contributed by atoms with Crippen LogP contribution in [0.4, 0.5) is 4.39 Å². The van der Waals surface area contributed by atoms with Crippen molar-refractivity contribution in [3.63, 3.8) is 0 Å². The Hall–Kier alpha value is -1.84. The van der Waals surface area contributed by atoms with E-state index in [2.05, 4.69) is 4.74 Å². The van der Waals surface area contributed by atoms with Crippen molar-refractivity contribution in [3.8, 4) is 0 Å². The third-order valence-corrected chi connectivity index (χ3v) is 2.36. The Morgan fingerprint density at radius 2 is 2.20 bits per heavy atom. The second-order valence-corrected chi connectivity index (χ2v) is 3.31. The second-order valence-electron chi connectivity index (χ2n) is 3.31. The summed E-state index contributed by atoms with van der Waals surface area (Å²) >= 11 is 0. The van der Waals surface area contributed by atoms with E-state index in [4.69, 9.17) is 0 Å². The number of carbonyl (C=O) groups excluding carboxylic acids is 1. The van der Waals surface area contributed by atoms with Gasteiger partial charge in [0.2, 0.25) is 0 Å². The van der Waals surface area contributed by atoms with Crippen LogP contribution in [0.2, 0.25) is 0 Å². The smallest absolute Gasteiger partial charge is 0.340 e. The molecule has 1 aromatic carbocycles. The average Bonchev–Trinajstić information content (AvgIpc) is 2.55. The standard InChI is InChI=1S/C11H10FNO2/c1-13-6-9(11(14)15-2)8-4-3-7(12)5-10(8)13/h3-6H,1-2H3. The molecule has 1 heterocycles. The van der Waals surface area contributed by atoms with Crippen molar-refractivity contribution in [2.45, 2.75) is 0 Å². The van der Waals surface area contributed by atoms with Gasteiger partial charge in [0.25, 0.3) is 0 Å². The number of hydrogen-bond donors (Lipinski definition) is 0. The van der Waals surface area contributed by atoms with Crippen molar-refractivity contribution in [3.05, 3.63) is 35.8 Å². The van der Waals surface area contributed by atoms with Gasteiger partial charge in [0.05, 0.1) is 18.2 Å². The number of nitrogens with zero attached hydrogens (tertiary/aromatic N) is 1. The van der Waals surface area contributed by atoms with Crippen LogP contribution in [0.3, 0.4) is 0 Å². The van der Waals surface area contributed by atoms with Gasteiger partial charge in [-0.25, -0.2) is 9.18 Å². The third-order valence-electron chi connectivity index (χ3n) is 2.36. The fourth-order valence-electron chi connectivity index (χ4n) is 1.63. The van der Waals surface area contributed by atoms with Gasteiger partial charge in [-0.05, 0) is 18.2 Å². The average molecular weight is 207 g/mol. The van der Waals surface area contributed by atoms with Crippen molar-refractivity contribution < 1.29 is 13.9 Å². The fourth-order valence-corrected chi connectivity index (χ4v) is 1.63. The first-order valence-corrected chi connectivity index (χ1v) is 4.46. The normalized spacial score (nSPS) is 10.6. The zero-order valence-electron chi connectivity index (χ0n) is 8.45. The van der Waals surface area contributed by atoms with Crippen LogP contribution in [-0.2, 0) is 11.8 Å². The molecule has 0 N–H and O–H groups in total. The molecule has 3 nitrogen and oxygen atoms in total. The van der Waals surface area contributed by atoms with E-state index < -0.39 is 5.97 Å². The number of halogens is 1. The lowest BCUT2D eigenvalue weighted by Gasteiger charge is -1.96. The predicted octanol–water partition coefficient (Wildman–Crippen LogP) is 2.10. The Morgan fingerprint density at radius 1 is 1.47 bits per heavy atom. The van der Waals surface area contributed by atoms with Crippen LogP contribution in [0.25, 0.3) is 10.9 Å². The maximum atomic E-state index is 13.0. The summed E-state index contributed by atoms with van der Waals surface area (Å²) in [6, 6.07) is 4.30. The van der Waals surface area contributed by atoms with Crippen LogP contribution in [0.1, 0.15) is 10.4 Å². The minimum atomic E-state index is -0.410. The summed E-state index contributed by atoms with van der Waals surface area (Å²) in [4.78, 5) is 11.4. The summed E-state index contributed by atoms with van der Waals surface area (Å²) in [5.41, 5.74) is 1.13. The maximum Gasteiger partial charge on any atom is 0.340 e. The highest BCUT2D eigenvalue weighted by atomic mass is 19.1. The number of aryl methyl sites for hydroxylation is 1. The zero-order valence-corrected chi connectivity index (χ0v) is 8.45. The number of aromatic nitrogens is 1. The first-order chi connectivity index (χ1) is 7.13. The van der Waals surface area contributed by atoms with Crippen molar-refractivity contribution in [2.24, 2.45) is 7.05 Å². The molecule has 0 saturated heterocycles. The minimum Gasteiger partial charge on any atom is -0.465 e. The molecule has 1 aromatic heterocycles. The number of hydrogen-bond acceptors (Lipinski definition) is 2. The number of fused-ring (bicyclic) bond motifs is 1. The van der Waals surface area contributed by atoms with Gasteiger partial charge in [0, 0.05) is 18.6 Å². The summed E-state index contributed by atoms with van der Waals surface area (Å²) in [5, 5.41) is 0.700. The maximum absolute atomic E-state index is 13.0. The molecule has 0 bridgehead atoms. The van der Waals surface area contributed by atoms with Gasteiger partial charge < -0.3 is 9.30 Å². The van der Waals surface area contributed by atoms with Crippen LogP contribution in [0.5, 0.6) is 0 Å². The Morgan fingerprint density at radius 3 is 2.87 bits per heavy atom. The lowest BCUT2D eigenvalue weighted by Crippen LogP contribution is -1.99. The molecule has 0 fully saturated rings. The molecule has 0 aliphatic carbocycles. The first-order valence-electron chi connectivity index (χ1n) is 4.46. The molecule has 0 spiro atoms. The first kappa shape index (κ1) is 9.71. The molecule has 2 aromatic rings. The SMILES string of the molecule is COC(=O)c1cn(C)c2cc(F)ccc12. The number of esters is 1. The van der Waals surface area contributed by atoms with Crippen LogP contribution < -0.4 is 0 Å². The van der Waals surface area contributed by atoms with E-state index in [0.717, 1.165) is 0 Å². The third kappa shape index (κ3) is 1.48. The van der Waals surface area contributed by atoms with Gasteiger partial charge in [-0.2, -0.15) is 0 Å². The van der Waals surface area contributed by atoms with E-state index in [9.17, 15) is 9.18 Å². The number of rotatable bonds is 1. The van der Waals surface area contributed by atoms with E-state index in [0.29, 0.717) is 16.5 Å². The van der Waals surface area contributed by atoms with Crippen molar-refractivity contribution >= 4 is 16.9 Å². The molecular formula is C11H10FNO2. The number of benzene rings is 1. The van der Waals surface area contributed by atoms with E-state index >= 15 is 0 Å². The van der Waals surface area contributed by atoms with Gasteiger partial charge in [-0.15, -0.1) is 0 Å². The largest absolute Gasteiger partial charge is 0.465 e. The van der Waals surface area contributed by atoms with E-state index in [1.807, 2.05) is 0 Å². The molecule has 0 radical (unpaired) electrons. The lowest BCUT2D eigenvalue weighted by molar-refractivity contribution is 0.0603. The highest BCUT2D eigenvalue weighted by Crippen LogP contribution is 2.22. The topological polar surface area (TPSA) is 31.2 Å². The molecule has 4 heteroatoms. The van der Waals surface area contributed by atoms with Gasteiger partial charge in [0.1, 0.15) is 5.82 Å². The lowest BCUT2D eigenvalue weighted by atomic mass is 10.2. The quantitative estimate of drug-likeness (QED) is 0.670. The molecular weight excluding hydrogens is 197 g/mol. The Bertz CT molecular complexity index is 531. The molecule has 15 heavy (non-hydrogen) atoms. The Balaban J connectivity index is 2.73. The minimum absolute atomic E-state index is 0.319. The molecule has 0 atom stereocenters. The molecule has 2 rings (SSSR count). The second kappa shape index (κ2) is 3.38. The van der Waals surface area contributed by atoms with Crippen molar-refractivity contribution in [1.29, 1.82) is 0 Å². The molecule has 0 aliphatic rings. The summed E-state index contributed by atoms with van der Waals surface area (Å²) in [7, 11) is 3.08. The predicted molar refractivity (Wildman–Crippen MR) is 54.2 cm³/mol. The van der Waals surface area contributed by atoms with E-state index in [1.54, 1.807) is 23.9 Å². The molecule has 0 amide bonds. The summed E-state index contributed by atoms with van der Waals surface area (Å²) < 4.78 is 19.3. The number of methoxy groups -OCH3 is 1. The van der Waals surface area contributed by atoms with Crippen LogP contribution in [0.15, 0.2) is 24.4 Å². The summed E-state index contributed by atoms with van der Waals surface area (Å²) in [5.74, 6) is -0.729. The number of carbonyl (C=O) groups is 1. The van der Waals surface area contributed by atoms with E-state index in [-0.39, 0.29) is 5.82 Å². The molecule has 78 valence electrons. The van der Waals surface area contributed by atoms with Gasteiger partial charge in [-0.1, -0.05) is 0 Å². The van der Waals surface area contributed by atoms with Gasteiger partial charge in [-0.3, -0.25) is 0 Å². The highest BCUT2D eigenvalue weighted by Gasteiger charge is 2.14. The van der Waals surface area contributed by atoms with Gasteiger partial charge in [0.15, 0.2) is 0 Å². The summed E-state index contributed by atoms with van der Waals surface area (Å²) in [6.07, 6.45) is 1.63. The number of ether oxygens (including phenoxy) is 1. The van der Waals surface area contributed by atoms with Crippen LogP contribution in [0, 0.1) is 5.82 Å². The highest BCUT2D eigenvalue weighted by molar-refractivity contribution is 6.04. The van der Waals surface area contributed by atoms with E-state index in [1.165, 1.54) is 19.2 Å². The van der Waals surface area contributed by atoms with Crippen LogP contribution in [-0.4, -0.2) is 17.6 Å². The zero-order chi connectivity index (χ0) is 11.0. The Kier molecular flexibility index (Phi) is 2.19. The van der Waals surface area contributed by atoms with Gasteiger partial charge >= 0.3 is 5.97 Å². The molecule has 0 aliphatic heterocycles. The summed E-state index contributed by atoms with van der Waals surface area (Å²) in [6.45, 7) is 0. The van der Waals surface area contributed by atoms with Crippen LogP contribution >= 0.6 is 0 Å².